The summed E-state index contributed by atoms with van der Waals surface area (Å²) < 4.78 is 10.3. The Hall–Kier alpha value is -3.50. The molecule has 2 amide bonds. The molecule has 160 valence electrons. The summed E-state index contributed by atoms with van der Waals surface area (Å²) in [7, 11) is 0. The van der Waals surface area contributed by atoms with Gasteiger partial charge in [-0.2, -0.15) is 4.98 Å². The molecule has 0 bridgehead atoms. The standard InChI is InChI=1S/C19H23N5O6/c25-16(12-29-15-8-6-14(7-9-15)24(27)28)20-10-11-21-18(26)19-22-17(23-30-19)13-4-2-1-3-5-13/h6-9,13H,1-5,10-12H2,(H,20,25)(H,21,26). The Bertz CT molecular complexity index is 876. The van der Waals surface area contributed by atoms with Crippen LogP contribution in [0.5, 0.6) is 5.75 Å². The van der Waals surface area contributed by atoms with Gasteiger partial charge in [0.15, 0.2) is 12.4 Å². The summed E-state index contributed by atoms with van der Waals surface area (Å²) in [6, 6.07) is 5.41. The van der Waals surface area contributed by atoms with Gasteiger partial charge in [-0.15, -0.1) is 0 Å². The molecule has 0 saturated heterocycles. The minimum atomic E-state index is -0.518. The van der Waals surface area contributed by atoms with Crippen LogP contribution in [0.2, 0.25) is 0 Å². The van der Waals surface area contributed by atoms with Crippen molar-refractivity contribution in [1.82, 2.24) is 20.8 Å². The third-order valence-corrected chi connectivity index (χ3v) is 4.76. The van der Waals surface area contributed by atoms with Crippen molar-refractivity contribution in [1.29, 1.82) is 0 Å². The fourth-order valence-electron chi connectivity index (χ4n) is 3.17. The maximum absolute atomic E-state index is 12.1. The molecule has 11 nitrogen and oxygen atoms in total. The predicted molar refractivity (Wildman–Crippen MR) is 104 cm³/mol. The minimum absolute atomic E-state index is 0.0605. The number of carbonyl (C=O) groups is 2. The van der Waals surface area contributed by atoms with Crippen LogP contribution < -0.4 is 15.4 Å². The van der Waals surface area contributed by atoms with E-state index in [-0.39, 0.29) is 43.1 Å². The van der Waals surface area contributed by atoms with Gasteiger partial charge < -0.3 is 19.9 Å². The Morgan fingerprint density at radius 3 is 2.53 bits per heavy atom. The number of nitrogens with one attached hydrogen (secondary N) is 2. The van der Waals surface area contributed by atoms with Crippen molar-refractivity contribution in [2.75, 3.05) is 19.7 Å². The number of hydrogen-bond donors (Lipinski definition) is 2. The highest BCUT2D eigenvalue weighted by atomic mass is 16.6. The molecule has 0 unspecified atom stereocenters. The van der Waals surface area contributed by atoms with Crippen molar-refractivity contribution in [3.05, 3.63) is 46.1 Å². The molecule has 1 aromatic heterocycles. The maximum atomic E-state index is 12.1. The van der Waals surface area contributed by atoms with Crippen molar-refractivity contribution in [2.24, 2.45) is 0 Å². The number of nitro benzene ring substituents is 1. The van der Waals surface area contributed by atoms with Crippen LogP contribution in [0.3, 0.4) is 0 Å². The van der Waals surface area contributed by atoms with E-state index in [0.717, 1.165) is 25.7 Å². The van der Waals surface area contributed by atoms with Gasteiger partial charge in [-0.25, -0.2) is 0 Å². The second kappa shape index (κ2) is 10.3. The monoisotopic (exact) mass is 417 g/mol. The van der Waals surface area contributed by atoms with Crippen LogP contribution in [-0.4, -0.2) is 46.6 Å². The second-order valence-electron chi connectivity index (χ2n) is 6.94. The summed E-state index contributed by atoms with van der Waals surface area (Å²) in [5, 5.41) is 19.7. The van der Waals surface area contributed by atoms with E-state index in [1.54, 1.807) is 0 Å². The highest BCUT2D eigenvalue weighted by Gasteiger charge is 2.23. The summed E-state index contributed by atoms with van der Waals surface area (Å²) in [5.41, 5.74) is -0.0605. The van der Waals surface area contributed by atoms with E-state index in [1.807, 2.05) is 0 Å². The van der Waals surface area contributed by atoms with Crippen LogP contribution in [-0.2, 0) is 4.79 Å². The molecule has 1 aliphatic carbocycles. The number of hydrogen-bond acceptors (Lipinski definition) is 8. The van der Waals surface area contributed by atoms with Gasteiger partial charge in [-0.1, -0.05) is 24.4 Å². The lowest BCUT2D eigenvalue weighted by Crippen LogP contribution is -2.36. The average Bonchev–Trinajstić information content (AvgIpc) is 3.26. The van der Waals surface area contributed by atoms with E-state index < -0.39 is 10.8 Å². The second-order valence-corrected chi connectivity index (χ2v) is 6.94. The van der Waals surface area contributed by atoms with Crippen LogP contribution in [0.1, 0.15) is 54.5 Å². The lowest BCUT2D eigenvalue weighted by atomic mass is 9.89. The maximum Gasteiger partial charge on any atom is 0.315 e. The van der Waals surface area contributed by atoms with E-state index in [2.05, 4.69) is 20.8 Å². The zero-order valence-corrected chi connectivity index (χ0v) is 16.3. The van der Waals surface area contributed by atoms with Crippen LogP contribution in [0.25, 0.3) is 0 Å². The lowest BCUT2D eigenvalue weighted by molar-refractivity contribution is -0.384. The Morgan fingerprint density at radius 1 is 1.13 bits per heavy atom. The van der Waals surface area contributed by atoms with Gasteiger partial charge in [0.2, 0.25) is 0 Å². The van der Waals surface area contributed by atoms with E-state index >= 15 is 0 Å². The Labute approximate surface area is 172 Å². The van der Waals surface area contributed by atoms with Crippen molar-refractivity contribution < 1.29 is 23.8 Å². The lowest BCUT2D eigenvalue weighted by Gasteiger charge is -2.17. The summed E-state index contributed by atoms with van der Waals surface area (Å²) in [5.74, 6) is 0.217. The van der Waals surface area contributed by atoms with Crippen LogP contribution in [0.4, 0.5) is 5.69 Å². The third kappa shape index (κ3) is 6.00. The molecule has 30 heavy (non-hydrogen) atoms. The van der Waals surface area contributed by atoms with Gasteiger partial charge in [0, 0.05) is 31.1 Å². The Balaban J connectivity index is 1.33. The van der Waals surface area contributed by atoms with Gasteiger partial charge in [0.1, 0.15) is 5.75 Å². The quantitative estimate of drug-likeness (QED) is 0.357. The van der Waals surface area contributed by atoms with Crippen LogP contribution in [0, 0.1) is 10.1 Å². The minimum Gasteiger partial charge on any atom is -0.484 e. The van der Waals surface area contributed by atoms with Crippen LogP contribution >= 0.6 is 0 Å². The number of non-ortho nitro benzene ring substituents is 1. The van der Waals surface area contributed by atoms with Gasteiger partial charge in [-0.3, -0.25) is 19.7 Å². The topological polar surface area (TPSA) is 149 Å². The summed E-state index contributed by atoms with van der Waals surface area (Å²) in [6.07, 6.45) is 5.50. The van der Waals surface area contributed by atoms with E-state index in [4.69, 9.17) is 9.26 Å². The number of aromatic nitrogens is 2. The molecule has 1 aliphatic rings. The third-order valence-electron chi connectivity index (χ3n) is 4.76. The number of ether oxygens (including phenoxy) is 1. The number of benzene rings is 1. The Morgan fingerprint density at radius 2 is 1.83 bits per heavy atom. The first kappa shape index (κ1) is 21.2. The summed E-state index contributed by atoms with van der Waals surface area (Å²) >= 11 is 0. The van der Waals surface area contributed by atoms with Crippen molar-refractivity contribution in [2.45, 2.75) is 38.0 Å². The molecule has 2 N–H and O–H groups in total. The molecule has 1 aromatic carbocycles. The first-order valence-electron chi connectivity index (χ1n) is 9.78. The van der Waals surface area contributed by atoms with Gasteiger partial charge in [-0.05, 0) is 25.0 Å². The SMILES string of the molecule is O=C(COc1ccc([N+](=O)[O-])cc1)NCCNC(=O)c1nc(C2CCCCC2)no1. The normalized spacial score (nSPS) is 14.1. The average molecular weight is 417 g/mol. The van der Waals surface area contributed by atoms with Crippen molar-refractivity contribution >= 4 is 17.5 Å². The predicted octanol–water partition coefficient (Wildman–Crippen LogP) is 1.95. The molecular weight excluding hydrogens is 394 g/mol. The number of rotatable bonds is 9. The molecule has 0 atom stereocenters. The molecule has 0 aliphatic heterocycles. The highest BCUT2D eigenvalue weighted by Crippen LogP contribution is 2.30. The summed E-state index contributed by atoms with van der Waals surface area (Å²) in [6.45, 7) is 0.126. The van der Waals surface area contributed by atoms with E-state index in [9.17, 15) is 19.7 Å². The molecule has 0 radical (unpaired) electrons. The largest absolute Gasteiger partial charge is 0.484 e. The van der Waals surface area contributed by atoms with Crippen molar-refractivity contribution in [3.8, 4) is 5.75 Å². The number of carbonyl (C=O) groups excluding carboxylic acids is 2. The molecule has 2 aromatic rings. The van der Waals surface area contributed by atoms with Gasteiger partial charge in [0.25, 0.3) is 11.6 Å². The molecule has 11 heteroatoms. The van der Waals surface area contributed by atoms with Crippen molar-refractivity contribution in [3.63, 3.8) is 0 Å². The Kier molecular flexibility index (Phi) is 7.30. The summed E-state index contributed by atoms with van der Waals surface area (Å²) in [4.78, 5) is 38.1. The first-order chi connectivity index (χ1) is 14.5. The highest BCUT2D eigenvalue weighted by molar-refractivity contribution is 5.89. The molecule has 0 spiro atoms. The van der Waals surface area contributed by atoms with E-state index in [0.29, 0.717) is 11.6 Å². The molecule has 1 heterocycles. The number of amides is 2. The van der Waals surface area contributed by atoms with E-state index in [1.165, 1.54) is 30.7 Å². The molecule has 3 rings (SSSR count). The zero-order valence-electron chi connectivity index (χ0n) is 16.3. The fourth-order valence-corrected chi connectivity index (χ4v) is 3.17. The molecular formula is C19H23N5O6. The molecule has 1 saturated carbocycles. The molecule has 1 fully saturated rings. The fraction of sp³-hybridized carbons (Fsp3) is 0.474. The number of nitrogens with zero attached hydrogens (tertiary/aromatic N) is 3. The first-order valence-corrected chi connectivity index (χ1v) is 9.78. The van der Waals surface area contributed by atoms with Crippen LogP contribution in [0.15, 0.2) is 28.8 Å². The zero-order chi connectivity index (χ0) is 21.3. The van der Waals surface area contributed by atoms with Gasteiger partial charge >= 0.3 is 11.8 Å². The van der Waals surface area contributed by atoms with Gasteiger partial charge in [0.05, 0.1) is 4.92 Å². The number of nitro groups is 1. The smallest absolute Gasteiger partial charge is 0.315 e.